The minimum absolute atomic E-state index is 0.141. The lowest BCUT2D eigenvalue weighted by molar-refractivity contribution is -0.118. The van der Waals surface area contributed by atoms with Gasteiger partial charge in [-0.25, -0.2) is 15.4 Å². The van der Waals surface area contributed by atoms with Crippen LogP contribution in [-0.2, 0) is 11.4 Å². The van der Waals surface area contributed by atoms with Gasteiger partial charge in [0.25, 0.3) is 5.91 Å². The predicted molar refractivity (Wildman–Crippen MR) is 133 cm³/mol. The standard InChI is InChI=1S/C23H19BrClN5O2S/c1-14-7-15(2)29-23(28-14)33-13-21(31)30-27-11-16-8-19(24)22(20(25)9-16)32-12-18-6-4-3-5-17(18)10-26/h3-9,11H,12-13H2,1-2H3,(H,30,31)/b27-11-. The molecule has 1 N–H and O–H groups in total. The van der Waals surface area contributed by atoms with Gasteiger partial charge >= 0.3 is 0 Å². The molecule has 1 aromatic heterocycles. The van der Waals surface area contributed by atoms with E-state index in [1.807, 2.05) is 32.0 Å². The topological polar surface area (TPSA) is 100 Å². The number of nitrogens with zero attached hydrogens (tertiary/aromatic N) is 4. The predicted octanol–water partition coefficient (Wildman–Crippen LogP) is 5.20. The summed E-state index contributed by atoms with van der Waals surface area (Å²) in [6.45, 7) is 3.97. The SMILES string of the molecule is Cc1cc(C)nc(SCC(=O)N/N=C\c2cc(Cl)c(OCc3ccccc3C#N)c(Br)c2)n1. The Morgan fingerprint density at radius 2 is 2.00 bits per heavy atom. The molecular formula is C23H19BrClN5O2S. The smallest absolute Gasteiger partial charge is 0.250 e. The van der Waals surface area contributed by atoms with Gasteiger partial charge in [-0.15, -0.1) is 0 Å². The van der Waals surface area contributed by atoms with Crippen molar-refractivity contribution in [3.63, 3.8) is 0 Å². The summed E-state index contributed by atoms with van der Waals surface area (Å²) in [6.07, 6.45) is 1.49. The first-order valence-electron chi connectivity index (χ1n) is 9.72. The van der Waals surface area contributed by atoms with Gasteiger partial charge in [-0.05, 0) is 59.6 Å². The molecule has 1 amide bonds. The second-order valence-corrected chi connectivity index (χ2v) is 9.09. The number of aryl methyl sites for hydroxylation is 2. The highest BCUT2D eigenvalue weighted by Gasteiger charge is 2.11. The lowest BCUT2D eigenvalue weighted by atomic mass is 10.1. The van der Waals surface area contributed by atoms with Crippen molar-refractivity contribution in [3.05, 3.63) is 80.0 Å². The molecule has 3 rings (SSSR count). The van der Waals surface area contributed by atoms with E-state index >= 15 is 0 Å². The summed E-state index contributed by atoms with van der Waals surface area (Å²) in [7, 11) is 0. The molecule has 0 fully saturated rings. The largest absolute Gasteiger partial charge is 0.486 e. The maximum Gasteiger partial charge on any atom is 0.250 e. The molecule has 0 atom stereocenters. The fourth-order valence-corrected chi connectivity index (χ4v) is 4.53. The van der Waals surface area contributed by atoms with Crippen molar-refractivity contribution in [1.29, 1.82) is 5.26 Å². The number of carbonyl (C=O) groups is 1. The number of nitrogens with one attached hydrogen (secondary N) is 1. The van der Waals surface area contributed by atoms with Crippen molar-refractivity contribution in [3.8, 4) is 11.8 Å². The Balaban J connectivity index is 1.56. The van der Waals surface area contributed by atoms with E-state index in [0.717, 1.165) is 17.0 Å². The highest BCUT2D eigenvalue weighted by molar-refractivity contribution is 9.10. The Morgan fingerprint density at radius 3 is 2.70 bits per heavy atom. The minimum Gasteiger partial charge on any atom is -0.486 e. The Labute approximate surface area is 209 Å². The summed E-state index contributed by atoms with van der Waals surface area (Å²) >= 11 is 11.1. The average molecular weight is 545 g/mol. The number of hydrogen-bond acceptors (Lipinski definition) is 7. The zero-order valence-corrected chi connectivity index (χ0v) is 21.0. The number of amides is 1. The van der Waals surface area contributed by atoms with Crippen LogP contribution < -0.4 is 10.2 Å². The van der Waals surface area contributed by atoms with Crippen molar-refractivity contribution in [2.45, 2.75) is 25.6 Å². The third-order valence-corrected chi connectivity index (χ3v) is 5.94. The van der Waals surface area contributed by atoms with Gasteiger partial charge in [0.15, 0.2) is 10.9 Å². The van der Waals surface area contributed by atoms with Crippen LogP contribution >= 0.6 is 39.3 Å². The van der Waals surface area contributed by atoms with Gasteiger partial charge in [0, 0.05) is 17.0 Å². The van der Waals surface area contributed by atoms with Crippen LogP contribution in [-0.4, -0.2) is 27.8 Å². The Bertz CT molecular complexity index is 1200. The van der Waals surface area contributed by atoms with Crippen LogP contribution in [0.2, 0.25) is 5.02 Å². The van der Waals surface area contributed by atoms with Crippen LogP contribution in [0.25, 0.3) is 0 Å². The van der Waals surface area contributed by atoms with Gasteiger partial charge in [0.2, 0.25) is 0 Å². The van der Waals surface area contributed by atoms with E-state index in [2.05, 4.69) is 42.5 Å². The zero-order valence-electron chi connectivity index (χ0n) is 17.8. The van der Waals surface area contributed by atoms with Crippen LogP contribution in [0.1, 0.15) is 28.1 Å². The molecule has 0 spiro atoms. The van der Waals surface area contributed by atoms with E-state index < -0.39 is 0 Å². The van der Waals surface area contributed by atoms with E-state index in [4.69, 9.17) is 16.3 Å². The quantitative estimate of drug-likeness (QED) is 0.181. The third kappa shape index (κ3) is 7.29. The molecule has 0 bridgehead atoms. The number of aromatic nitrogens is 2. The fourth-order valence-electron chi connectivity index (χ4n) is 2.80. The molecule has 0 saturated heterocycles. The van der Waals surface area contributed by atoms with Gasteiger partial charge in [-0.1, -0.05) is 41.6 Å². The lowest BCUT2D eigenvalue weighted by Gasteiger charge is -2.12. The van der Waals surface area contributed by atoms with Crippen molar-refractivity contribution >= 4 is 51.4 Å². The average Bonchev–Trinajstić information content (AvgIpc) is 2.77. The van der Waals surface area contributed by atoms with Crippen LogP contribution in [0.5, 0.6) is 5.75 Å². The lowest BCUT2D eigenvalue weighted by Crippen LogP contribution is -2.19. The highest BCUT2D eigenvalue weighted by Crippen LogP contribution is 2.35. The molecule has 1 heterocycles. The Morgan fingerprint density at radius 1 is 1.27 bits per heavy atom. The van der Waals surface area contributed by atoms with Gasteiger partial charge in [-0.3, -0.25) is 4.79 Å². The number of rotatable bonds is 8. The second-order valence-electron chi connectivity index (χ2n) is 6.89. The van der Waals surface area contributed by atoms with Gasteiger partial charge in [0.1, 0.15) is 6.61 Å². The number of halogens is 2. The van der Waals surface area contributed by atoms with Crippen LogP contribution in [0.4, 0.5) is 0 Å². The van der Waals surface area contributed by atoms with E-state index in [0.29, 0.717) is 31.5 Å². The number of thioether (sulfide) groups is 1. The normalized spacial score (nSPS) is 10.8. The molecule has 0 aliphatic rings. The number of carbonyl (C=O) groups excluding carboxylic acids is 1. The Kier molecular flexibility index (Phi) is 8.83. The number of ether oxygens (including phenoxy) is 1. The van der Waals surface area contributed by atoms with E-state index in [-0.39, 0.29) is 18.3 Å². The van der Waals surface area contributed by atoms with E-state index in [9.17, 15) is 10.1 Å². The van der Waals surface area contributed by atoms with E-state index in [1.165, 1.54) is 18.0 Å². The summed E-state index contributed by atoms with van der Waals surface area (Å²) in [5, 5.41) is 14.1. The van der Waals surface area contributed by atoms with Crippen LogP contribution in [0.15, 0.2) is 57.2 Å². The summed E-state index contributed by atoms with van der Waals surface area (Å²) in [6, 6.07) is 14.7. The molecule has 0 unspecified atom stereocenters. The second kappa shape index (κ2) is 11.8. The number of nitriles is 1. The summed E-state index contributed by atoms with van der Waals surface area (Å²) in [4.78, 5) is 20.6. The molecule has 7 nitrogen and oxygen atoms in total. The number of hydrogen-bond donors (Lipinski definition) is 1. The summed E-state index contributed by atoms with van der Waals surface area (Å²) in [5.74, 6) is 0.317. The first-order valence-corrected chi connectivity index (χ1v) is 11.9. The van der Waals surface area contributed by atoms with Crippen LogP contribution in [0, 0.1) is 25.2 Å². The molecular weight excluding hydrogens is 526 g/mol. The zero-order chi connectivity index (χ0) is 23.8. The van der Waals surface area contributed by atoms with Crippen molar-refractivity contribution in [1.82, 2.24) is 15.4 Å². The highest BCUT2D eigenvalue weighted by atomic mass is 79.9. The molecule has 0 aliphatic heterocycles. The monoisotopic (exact) mass is 543 g/mol. The molecule has 0 saturated carbocycles. The molecule has 168 valence electrons. The molecule has 33 heavy (non-hydrogen) atoms. The summed E-state index contributed by atoms with van der Waals surface area (Å²) < 4.78 is 6.45. The van der Waals surface area contributed by atoms with Crippen LogP contribution in [0.3, 0.4) is 0 Å². The maximum absolute atomic E-state index is 12.1. The molecule has 10 heteroatoms. The first kappa shape index (κ1) is 24.7. The first-order chi connectivity index (χ1) is 15.9. The number of hydrazone groups is 1. The van der Waals surface area contributed by atoms with Gasteiger partial charge in [0.05, 0.1) is 33.1 Å². The minimum atomic E-state index is -0.278. The van der Waals surface area contributed by atoms with Crippen molar-refractivity contribution in [2.75, 3.05) is 5.75 Å². The van der Waals surface area contributed by atoms with Crippen molar-refractivity contribution < 1.29 is 9.53 Å². The third-order valence-electron chi connectivity index (χ3n) is 4.23. The van der Waals surface area contributed by atoms with E-state index in [1.54, 1.807) is 24.3 Å². The molecule has 3 aromatic rings. The summed E-state index contributed by atoms with van der Waals surface area (Å²) in [5.41, 5.74) is 6.17. The maximum atomic E-state index is 12.1. The number of benzene rings is 2. The fraction of sp³-hybridized carbons (Fsp3) is 0.174. The van der Waals surface area contributed by atoms with Crippen molar-refractivity contribution in [2.24, 2.45) is 5.10 Å². The Hall–Kier alpha value is -2.93. The molecule has 2 aromatic carbocycles. The molecule has 0 aliphatic carbocycles. The van der Waals surface area contributed by atoms with Gasteiger partial charge < -0.3 is 4.74 Å². The molecule has 0 radical (unpaired) electrons. The van der Waals surface area contributed by atoms with Gasteiger partial charge in [-0.2, -0.15) is 10.4 Å².